The zero-order chi connectivity index (χ0) is 19.6. The van der Waals surface area contributed by atoms with Gasteiger partial charge in [-0.3, -0.25) is 9.69 Å². The first-order valence-corrected chi connectivity index (χ1v) is 11.3. The van der Waals surface area contributed by atoms with Crippen molar-refractivity contribution in [2.75, 3.05) is 58.9 Å². The molecule has 1 aliphatic heterocycles. The van der Waals surface area contributed by atoms with Crippen molar-refractivity contribution < 1.29 is 9.90 Å². The van der Waals surface area contributed by atoms with Crippen LogP contribution in [0.5, 0.6) is 0 Å². The number of nitrogens with one attached hydrogen (secondary N) is 2. The molecule has 0 bridgehead atoms. The fourth-order valence-corrected chi connectivity index (χ4v) is 3.58. The summed E-state index contributed by atoms with van der Waals surface area (Å²) in [6.07, 6.45) is 12.1. The maximum absolute atomic E-state index is 11.0. The van der Waals surface area contributed by atoms with E-state index in [0.717, 1.165) is 78.2 Å². The van der Waals surface area contributed by atoms with Crippen LogP contribution in [0.4, 0.5) is 0 Å². The second kappa shape index (κ2) is 17.4. The van der Waals surface area contributed by atoms with Gasteiger partial charge >= 0.3 is 0 Å². The standard InChI is InChI=1S/C21H44N4O2/c1-2-3-4-5-6-7-8-9-10-21(27)19-24-15-11-22-13-17-25(20-26)18-14-23-12-16-24/h20-23,27H,2-19H2,1H3. The van der Waals surface area contributed by atoms with E-state index in [1.165, 1.54) is 44.9 Å². The van der Waals surface area contributed by atoms with E-state index in [1.807, 2.05) is 4.90 Å². The monoisotopic (exact) mass is 384 g/mol. The summed E-state index contributed by atoms with van der Waals surface area (Å²) < 4.78 is 0. The molecule has 1 rings (SSSR count). The molecule has 0 radical (unpaired) electrons. The number of carbonyl (C=O) groups is 1. The average Bonchev–Trinajstić information content (AvgIpc) is 2.66. The van der Waals surface area contributed by atoms with Crippen LogP contribution >= 0.6 is 0 Å². The summed E-state index contributed by atoms with van der Waals surface area (Å²) in [5, 5.41) is 17.2. The first-order chi connectivity index (χ1) is 13.3. The van der Waals surface area contributed by atoms with Crippen molar-refractivity contribution in [2.24, 2.45) is 0 Å². The summed E-state index contributed by atoms with van der Waals surface area (Å²) in [4.78, 5) is 15.1. The Labute approximate surface area is 167 Å². The van der Waals surface area contributed by atoms with Gasteiger partial charge in [-0.1, -0.05) is 58.3 Å². The third kappa shape index (κ3) is 14.0. The second-order valence-corrected chi connectivity index (χ2v) is 7.86. The van der Waals surface area contributed by atoms with E-state index in [9.17, 15) is 9.90 Å². The van der Waals surface area contributed by atoms with Crippen molar-refractivity contribution in [1.82, 2.24) is 20.4 Å². The SMILES string of the molecule is CCCCCCCCCCC(O)CN1CCNCCN(C=O)CCNCC1. The third-order valence-electron chi connectivity index (χ3n) is 5.37. The van der Waals surface area contributed by atoms with E-state index in [1.54, 1.807) is 0 Å². The largest absolute Gasteiger partial charge is 0.392 e. The number of aliphatic hydroxyl groups is 1. The first-order valence-electron chi connectivity index (χ1n) is 11.3. The van der Waals surface area contributed by atoms with Gasteiger partial charge in [-0.2, -0.15) is 0 Å². The molecular weight excluding hydrogens is 340 g/mol. The lowest BCUT2D eigenvalue weighted by Gasteiger charge is -2.27. The number of carbonyl (C=O) groups excluding carboxylic acids is 1. The highest BCUT2D eigenvalue weighted by molar-refractivity contribution is 5.46. The minimum atomic E-state index is -0.219. The molecule has 6 heteroatoms. The lowest BCUT2D eigenvalue weighted by Crippen LogP contribution is -2.44. The highest BCUT2D eigenvalue weighted by Gasteiger charge is 2.12. The van der Waals surface area contributed by atoms with Crippen molar-refractivity contribution in [1.29, 1.82) is 0 Å². The van der Waals surface area contributed by atoms with E-state index >= 15 is 0 Å². The Morgan fingerprint density at radius 2 is 1.37 bits per heavy atom. The molecule has 0 saturated carbocycles. The minimum Gasteiger partial charge on any atom is -0.392 e. The number of unbranched alkanes of at least 4 members (excludes halogenated alkanes) is 7. The molecule has 3 N–H and O–H groups in total. The summed E-state index contributed by atoms with van der Waals surface area (Å²) in [7, 11) is 0. The highest BCUT2D eigenvalue weighted by Crippen LogP contribution is 2.11. The Balaban J connectivity index is 2.13. The number of hydrogen-bond donors (Lipinski definition) is 3. The van der Waals surface area contributed by atoms with Crippen molar-refractivity contribution in [2.45, 2.75) is 70.8 Å². The van der Waals surface area contributed by atoms with Gasteiger partial charge in [-0.15, -0.1) is 0 Å². The number of amides is 1. The molecular formula is C21H44N4O2. The number of rotatable bonds is 12. The van der Waals surface area contributed by atoms with E-state index in [2.05, 4.69) is 22.5 Å². The average molecular weight is 385 g/mol. The zero-order valence-electron chi connectivity index (χ0n) is 17.6. The predicted octanol–water partition coefficient (Wildman–Crippen LogP) is 1.83. The smallest absolute Gasteiger partial charge is 0.209 e. The van der Waals surface area contributed by atoms with Gasteiger partial charge in [0.05, 0.1) is 6.10 Å². The minimum absolute atomic E-state index is 0.219. The van der Waals surface area contributed by atoms with Crippen LogP contribution in [0.15, 0.2) is 0 Å². The summed E-state index contributed by atoms with van der Waals surface area (Å²) in [6, 6.07) is 0. The van der Waals surface area contributed by atoms with Gasteiger partial charge in [0.25, 0.3) is 0 Å². The van der Waals surface area contributed by atoms with Crippen LogP contribution in [0, 0.1) is 0 Å². The zero-order valence-corrected chi connectivity index (χ0v) is 17.6. The molecule has 0 aromatic carbocycles. The molecule has 0 aromatic heterocycles. The van der Waals surface area contributed by atoms with E-state index in [4.69, 9.17) is 0 Å². The van der Waals surface area contributed by atoms with E-state index < -0.39 is 0 Å². The molecule has 1 unspecified atom stereocenters. The van der Waals surface area contributed by atoms with Gasteiger partial charge in [-0.25, -0.2) is 0 Å². The Bertz CT molecular complexity index is 330. The first kappa shape index (κ1) is 24.3. The fourth-order valence-electron chi connectivity index (χ4n) is 3.58. The summed E-state index contributed by atoms with van der Waals surface area (Å²) in [5.74, 6) is 0. The van der Waals surface area contributed by atoms with Crippen LogP contribution in [-0.4, -0.2) is 86.3 Å². The van der Waals surface area contributed by atoms with Gasteiger partial charge in [0.15, 0.2) is 0 Å². The fraction of sp³-hybridized carbons (Fsp3) is 0.952. The molecule has 1 heterocycles. The number of nitrogens with zero attached hydrogens (tertiary/aromatic N) is 2. The topological polar surface area (TPSA) is 67.8 Å². The molecule has 1 saturated heterocycles. The quantitative estimate of drug-likeness (QED) is 0.354. The molecule has 1 atom stereocenters. The summed E-state index contributed by atoms with van der Waals surface area (Å²) in [5.41, 5.74) is 0. The normalized spacial score (nSPS) is 19.3. The van der Waals surface area contributed by atoms with Gasteiger partial charge < -0.3 is 20.6 Å². The Hall–Kier alpha value is -0.690. The predicted molar refractivity (Wildman–Crippen MR) is 113 cm³/mol. The van der Waals surface area contributed by atoms with Gasteiger partial charge in [0.1, 0.15) is 0 Å². The molecule has 160 valence electrons. The molecule has 1 fully saturated rings. The molecule has 1 aliphatic rings. The van der Waals surface area contributed by atoms with Crippen molar-refractivity contribution in [3.8, 4) is 0 Å². The molecule has 6 nitrogen and oxygen atoms in total. The van der Waals surface area contributed by atoms with Gasteiger partial charge in [0, 0.05) is 58.9 Å². The van der Waals surface area contributed by atoms with Crippen molar-refractivity contribution >= 4 is 6.41 Å². The van der Waals surface area contributed by atoms with Crippen LogP contribution in [-0.2, 0) is 4.79 Å². The summed E-state index contributed by atoms with van der Waals surface area (Å²) in [6.45, 7) is 9.87. The number of aliphatic hydroxyl groups excluding tert-OH is 1. The Morgan fingerprint density at radius 3 is 1.93 bits per heavy atom. The van der Waals surface area contributed by atoms with E-state index in [0.29, 0.717) is 0 Å². The van der Waals surface area contributed by atoms with Crippen LogP contribution in [0.2, 0.25) is 0 Å². The lowest BCUT2D eigenvalue weighted by atomic mass is 10.1. The van der Waals surface area contributed by atoms with Crippen molar-refractivity contribution in [3.05, 3.63) is 0 Å². The van der Waals surface area contributed by atoms with Crippen LogP contribution in [0.3, 0.4) is 0 Å². The van der Waals surface area contributed by atoms with Gasteiger partial charge in [-0.05, 0) is 6.42 Å². The third-order valence-corrected chi connectivity index (χ3v) is 5.37. The Morgan fingerprint density at radius 1 is 0.852 bits per heavy atom. The van der Waals surface area contributed by atoms with Crippen molar-refractivity contribution in [3.63, 3.8) is 0 Å². The van der Waals surface area contributed by atoms with Crippen LogP contribution in [0.1, 0.15) is 64.7 Å². The van der Waals surface area contributed by atoms with Crippen LogP contribution in [0.25, 0.3) is 0 Å². The maximum Gasteiger partial charge on any atom is 0.209 e. The number of hydrogen-bond acceptors (Lipinski definition) is 5. The molecule has 1 amide bonds. The molecule has 0 aromatic rings. The molecule has 0 spiro atoms. The lowest BCUT2D eigenvalue weighted by molar-refractivity contribution is -0.118. The summed E-state index contributed by atoms with van der Waals surface area (Å²) >= 11 is 0. The highest BCUT2D eigenvalue weighted by atomic mass is 16.3. The van der Waals surface area contributed by atoms with E-state index in [-0.39, 0.29) is 6.10 Å². The molecule has 0 aliphatic carbocycles. The maximum atomic E-state index is 11.0. The van der Waals surface area contributed by atoms with Crippen LogP contribution < -0.4 is 10.6 Å². The van der Waals surface area contributed by atoms with Gasteiger partial charge in [0.2, 0.25) is 6.41 Å². The molecule has 27 heavy (non-hydrogen) atoms. The number of β-amino-alcohol motifs (C(OH)–C–C–N with tert-alkyl or cyclic N) is 1. The Kier molecular flexibility index (Phi) is 15.7. The second-order valence-electron chi connectivity index (χ2n) is 7.86.